The highest BCUT2D eigenvalue weighted by Gasteiger charge is 2.24. The fourth-order valence-corrected chi connectivity index (χ4v) is 4.70. The number of fused-ring (bicyclic) bond motifs is 1. The van der Waals surface area contributed by atoms with E-state index < -0.39 is 0 Å². The van der Waals surface area contributed by atoms with Crippen LogP contribution in [0.2, 0.25) is 0 Å². The van der Waals surface area contributed by atoms with E-state index in [1.54, 1.807) is 0 Å². The van der Waals surface area contributed by atoms with Crippen LogP contribution in [0.1, 0.15) is 40.8 Å². The van der Waals surface area contributed by atoms with Crippen molar-refractivity contribution in [2.24, 2.45) is 0 Å². The van der Waals surface area contributed by atoms with Crippen molar-refractivity contribution in [3.05, 3.63) is 40.5 Å². The molecule has 1 fully saturated rings. The Labute approximate surface area is 168 Å². The molecular formula is C21H24N4O2S. The molecule has 3 aromatic rings. The van der Waals surface area contributed by atoms with Gasteiger partial charge in [-0.2, -0.15) is 0 Å². The number of hydrogen-bond acceptors (Lipinski definition) is 6. The standard InChI is InChI=1S/C21H24N4O2S/c1-4-27-16-9-7-15(8-10-16)24-20(26)18-13(2)17-19(25-11-5-6-12-25)22-14(3)23-21(17)28-18/h7-10H,4-6,11-12H2,1-3H3,(H,24,26). The van der Waals surface area contributed by atoms with Crippen molar-refractivity contribution in [1.82, 2.24) is 9.97 Å². The van der Waals surface area contributed by atoms with Crippen molar-refractivity contribution in [1.29, 1.82) is 0 Å². The van der Waals surface area contributed by atoms with Gasteiger partial charge in [0.15, 0.2) is 0 Å². The number of nitrogens with one attached hydrogen (secondary N) is 1. The molecule has 1 saturated heterocycles. The Balaban J connectivity index is 1.65. The maximum atomic E-state index is 12.9. The van der Waals surface area contributed by atoms with Crippen molar-refractivity contribution in [2.75, 3.05) is 29.9 Å². The Hall–Kier alpha value is -2.67. The molecule has 0 atom stereocenters. The predicted octanol–water partition coefficient (Wildman–Crippen LogP) is 4.56. The Morgan fingerprint density at radius 3 is 2.57 bits per heavy atom. The third-order valence-electron chi connectivity index (χ3n) is 4.92. The van der Waals surface area contributed by atoms with Gasteiger partial charge in [0, 0.05) is 18.8 Å². The molecule has 1 amide bonds. The van der Waals surface area contributed by atoms with Crippen LogP contribution in [0.15, 0.2) is 24.3 Å². The highest BCUT2D eigenvalue weighted by molar-refractivity contribution is 7.20. The van der Waals surface area contributed by atoms with E-state index in [0.717, 1.165) is 51.9 Å². The Morgan fingerprint density at radius 1 is 1.18 bits per heavy atom. The van der Waals surface area contributed by atoms with Gasteiger partial charge in [0.25, 0.3) is 5.91 Å². The molecular weight excluding hydrogens is 372 g/mol. The summed E-state index contributed by atoms with van der Waals surface area (Å²) in [5, 5.41) is 4.00. The number of anilines is 2. The topological polar surface area (TPSA) is 67.3 Å². The first-order chi connectivity index (χ1) is 13.6. The molecule has 4 rings (SSSR count). The molecule has 0 unspecified atom stereocenters. The molecule has 0 bridgehead atoms. The zero-order valence-corrected chi connectivity index (χ0v) is 17.2. The number of thiophene rings is 1. The summed E-state index contributed by atoms with van der Waals surface area (Å²) in [7, 11) is 0. The first-order valence-electron chi connectivity index (χ1n) is 9.63. The SMILES string of the molecule is CCOc1ccc(NC(=O)c2sc3nc(C)nc(N4CCCC4)c3c2C)cc1. The van der Waals surface area contributed by atoms with E-state index in [0.29, 0.717) is 11.5 Å². The highest BCUT2D eigenvalue weighted by atomic mass is 32.1. The zero-order chi connectivity index (χ0) is 19.7. The molecule has 7 heteroatoms. The monoisotopic (exact) mass is 396 g/mol. The van der Waals surface area contributed by atoms with Gasteiger partial charge in [0.05, 0.1) is 16.9 Å². The minimum absolute atomic E-state index is 0.116. The van der Waals surface area contributed by atoms with Gasteiger partial charge in [0.1, 0.15) is 22.2 Å². The summed E-state index contributed by atoms with van der Waals surface area (Å²) in [6.45, 7) is 8.48. The molecule has 6 nitrogen and oxygen atoms in total. The lowest BCUT2D eigenvalue weighted by molar-refractivity contribution is 0.103. The first kappa shape index (κ1) is 18.7. The second-order valence-corrected chi connectivity index (χ2v) is 7.94. The van der Waals surface area contributed by atoms with Gasteiger partial charge in [-0.3, -0.25) is 4.79 Å². The largest absolute Gasteiger partial charge is 0.494 e. The lowest BCUT2D eigenvalue weighted by Gasteiger charge is -2.18. The minimum Gasteiger partial charge on any atom is -0.494 e. The molecule has 2 aromatic heterocycles. The zero-order valence-electron chi connectivity index (χ0n) is 16.4. The van der Waals surface area contributed by atoms with E-state index in [4.69, 9.17) is 9.72 Å². The summed E-state index contributed by atoms with van der Waals surface area (Å²) >= 11 is 1.44. The summed E-state index contributed by atoms with van der Waals surface area (Å²) in [4.78, 5) is 26.1. The molecule has 0 radical (unpaired) electrons. The normalized spacial score (nSPS) is 13.9. The molecule has 146 valence electrons. The van der Waals surface area contributed by atoms with Crippen molar-refractivity contribution >= 4 is 39.0 Å². The lowest BCUT2D eigenvalue weighted by Crippen LogP contribution is -2.20. The van der Waals surface area contributed by atoms with Gasteiger partial charge < -0.3 is 15.0 Å². The number of aromatic nitrogens is 2. The van der Waals surface area contributed by atoms with Crippen LogP contribution in [-0.2, 0) is 0 Å². The summed E-state index contributed by atoms with van der Waals surface area (Å²) in [6, 6.07) is 7.42. The number of nitrogens with zero attached hydrogens (tertiary/aromatic N) is 3. The van der Waals surface area contributed by atoms with E-state index in [-0.39, 0.29) is 5.91 Å². The van der Waals surface area contributed by atoms with Crippen LogP contribution < -0.4 is 15.0 Å². The quantitative estimate of drug-likeness (QED) is 0.685. The molecule has 0 aliphatic carbocycles. The van der Waals surface area contributed by atoms with E-state index in [9.17, 15) is 4.79 Å². The maximum absolute atomic E-state index is 12.9. The second-order valence-electron chi connectivity index (χ2n) is 6.94. The fraction of sp³-hybridized carbons (Fsp3) is 0.381. The Morgan fingerprint density at radius 2 is 1.89 bits per heavy atom. The van der Waals surface area contributed by atoms with Crippen molar-refractivity contribution < 1.29 is 9.53 Å². The lowest BCUT2D eigenvalue weighted by atomic mass is 10.2. The number of hydrogen-bond donors (Lipinski definition) is 1. The predicted molar refractivity (Wildman–Crippen MR) is 114 cm³/mol. The number of amides is 1. The molecule has 1 aliphatic heterocycles. The molecule has 0 saturated carbocycles. The van der Waals surface area contributed by atoms with Crippen LogP contribution in [0.5, 0.6) is 5.75 Å². The molecule has 3 heterocycles. The van der Waals surface area contributed by atoms with Crippen LogP contribution in [0.3, 0.4) is 0 Å². The van der Waals surface area contributed by atoms with Gasteiger partial charge in [0.2, 0.25) is 0 Å². The van der Waals surface area contributed by atoms with Crippen molar-refractivity contribution in [3.8, 4) is 5.75 Å². The number of rotatable bonds is 5. The summed E-state index contributed by atoms with van der Waals surface area (Å²) in [5.74, 6) is 2.39. The molecule has 0 spiro atoms. The fourth-order valence-electron chi connectivity index (χ4n) is 3.58. The Bertz CT molecular complexity index is 1010. The third-order valence-corrected chi connectivity index (χ3v) is 6.10. The summed E-state index contributed by atoms with van der Waals surface area (Å²) < 4.78 is 5.45. The summed E-state index contributed by atoms with van der Waals surface area (Å²) in [6.07, 6.45) is 2.36. The van der Waals surface area contributed by atoms with Gasteiger partial charge >= 0.3 is 0 Å². The van der Waals surface area contributed by atoms with E-state index >= 15 is 0 Å². The van der Waals surface area contributed by atoms with Crippen LogP contribution in [-0.4, -0.2) is 35.6 Å². The second kappa shape index (κ2) is 7.75. The minimum atomic E-state index is -0.116. The molecule has 1 aliphatic rings. The smallest absolute Gasteiger partial charge is 0.266 e. The van der Waals surface area contributed by atoms with E-state index in [2.05, 4.69) is 15.2 Å². The number of carbonyl (C=O) groups is 1. The maximum Gasteiger partial charge on any atom is 0.266 e. The van der Waals surface area contributed by atoms with E-state index in [1.165, 1.54) is 24.2 Å². The van der Waals surface area contributed by atoms with Crippen molar-refractivity contribution in [2.45, 2.75) is 33.6 Å². The molecule has 28 heavy (non-hydrogen) atoms. The molecule has 1 aromatic carbocycles. The van der Waals surface area contributed by atoms with Crippen LogP contribution in [0.25, 0.3) is 10.2 Å². The Kier molecular flexibility index (Phi) is 5.17. The summed E-state index contributed by atoms with van der Waals surface area (Å²) in [5.41, 5.74) is 1.69. The first-order valence-corrected chi connectivity index (χ1v) is 10.5. The molecule has 1 N–H and O–H groups in total. The van der Waals surface area contributed by atoms with Crippen LogP contribution in [0, 0.1) is 13.8 Å². The van der Waals surface area contributed by atoms with Crippen LogP contribution >= 0.6 is 11.3 Å². The van der Waals surface area contributed by atoms with Gasteiger partial charge in [-0.05, 0) is 63.4 Å². The number of aryl methyl sites for hydroxylation is 2. The van der Waals surface area contributed by atoms with Gasteiger partial charge in [-0.15, -0.1) is 11.3 Å². The average Bonchev–Trinajstić information content (AvgIpc) is 3.31. The average molecular weight is 397 g/mol. The van der Waals surface area contributed by atoms with Crippen LogP contribution in [0.4, 0.5) is 11.5 Å². The van der Waals surface area contributed by atoms with E-state index in [1.807, 2.05) is 45.0 Å². The number of ether oxygens (including phenoxy) is 1. The van der Waals surface area contributed by atoms with Gasteiger partial charge in [-0.1, -0.05) is 0 Å². The third kappa shape index (κ3) is 3.54. The number of benzene rings is 1. The highest BCUT2D eigenvalue weighted by Crippen LogP contribution is 2.37. The number of carbonyl (C=O) groups excluding carboxylic acids is 1. The van der Waals surface area contributed by atoms with Crippen molar-refractivity contribution in [3.63, 3.8) is 0 Å². The van der Waals surface area contributed by atoms with Gasteiger partial charge in [-0.25, -0.2) is 9.97 Å².